The molecule has 0 aromatic heterocycles. The lowest BCUT2D eigenvalue weighted by molar-refractivity contribution is -0.114. The summed E-state index contributed by atoms with van der Waals surface area (Å²) in [4.78, 5) is 13.5. The zero-order chi connectivity index (χ0) is 24.3. The fourth-order valence-corrected chi connectivity index (χ4v) is 4.56. The van der Waals surface area contributed by atoms with E-state index >= 15 is 0 Å². The highest BCUT2D eigenvalue weighted by Gasteiger charge is 2.41. The van der Waals surface area contributed by atoms with Gasteiger partial charge in [0.25, 0.3) is 0 Å². The van der Waals surface area contributed by atoms with E-state index in [0.29, 0.717) is 5.76 Å². The normalized spacial score (nSPS) is 21.9. The van der Waals surface area contributed by atoms with Crippen LogP contribution in [0.3, 0.4) is 0 Å². The highest BCUT2D eigenvalue weighted by molar-refractivity contribution is 6.12. The maximum Gasteiger partial charge on any atom is 0.186 e. The Balaban J connectivity index is 3.07. The summed E-state index contributed by atoms with van der Waals surface area (Å²) in [5.74, 6) is 0.657. The van der Waals surface area contributed by atoms with Crippen LogP contribution in [0.4, 0.5) is 0 Å². The lowest BCUT2D eigenvalue weighted by Crippen LogP contribution is -2.32. The fourth-order valence-electron chi connectivity index (χ4n) is 4.56. The molecule has 2 aliphatic carbocycles. The van der Waals surface area contributed by atoms with Gasteiger partial charge in [0.05, 0.1) is 0 Å². The molecule has 31 heavy (non-hydrogen) atoms. The summed E-state index contributed by atoms with van der Waals surface area (Å²) < 4.78 is 0. The van der Waals surface area contributed by atoms with Crippen LogP contribution in [-0.4, -0.2) is 10.9 Å². The van der Waals surface area contributed by atoms with Crippen LogP contribution >= 0.6 is 0 Å². The number of hydrogen-bond acceptors (Lipinski definition) is 2. The minimum absolute atomic E-state index is 0.0340. The molecule has 0 fully saturated rings. The zero-order valence-corrected chi connectivity index (χ0v) is 22.2. The van der Waals surface area contributed by atoms with Crippen molar-refractivity contribution in [1.82, 2.24) is 0 Å². The molecule has 0 spiro atoms. The van der Waals surface area contributed by atoms with E-state index in [2.05, 4.69) is 101 Å². The van der Waals surface area contributed by atoms with Crippen molar-refractivity contribution < 1.29 is 9.90 Å². The molecule has 0 saturated carbocycles. The SMILES string of the molecule is CC1=CC(C(C)(C)C)C(=C2C=C(C(C)(C)C)C(=O)C(C(C)(C)C)=C2)C(C(C)(C)C)=C1O. The average Bonchev–Trinajstić information content (AvgIpc) is 2.52. The van der Waals surface area contributed by atoms with Crippen LogP contribution in [0.1, 0.15) is 90.0 Å². The number of Topliss-reactive ketones (excluding diaryl/α,β-unsaturated/α-hetero) is 1. The predicted octanol–water partition coefficient (Wildman–Crippen LogP) is 8.29. The van der Waals surface area contributed by atoms with Gasteiger partial charge >= 0.3 is 0 Å². The van der Waals surface area contributed by atoms with Crippen molar-refractivity contribution in [3.05, 3.63) is 57.4 Å². The van der Waals surface area contributed by atoms with E-state index in [1.54, 1.807) is 0 Å². The van der Waals surface area contributed by atoms with Crippen LogP contribution in [0.15, 0.2) is 57.4 Å². The number of aliphatic hydroxyl groups excluding tert-OH is 1. The van der Waals surface area contributed by atoms with Gasteiger partial charge in [-0.3, -0.25) is 4.79 Å². The van der Waals surface area contributed by atoms with Crippen LogP contribution in [0.2, 0.25) is 0 Å². The van der Waals surface area contributed by atoms with Gasteiger partial charge in [-0.1, -0.05) is 89.2 Å². The lowest BCUT2D eigenvalue weighted by atomic mass is 9.63. The Hall–Kier alpha value is -1.83. The van der Waals surface area contributed by atoms with E-state index < -0.39 is 0 Å². The van der Waals surface area contributed by atoms with Crippen LogP contribution in [0, 0.1) is 27.6 Å². The van der Waals surface area contributed by atoms with Gasteiger partial charge in [0.15, 0.2) is 5.78 Å². The van der Waals surface area contributed by atoms with Crippen molar-refractivity contribution in [3.8, 4) is 0 Å². The third kappa shape index (κ3) is 4.99. The van der Waals surface area contributed by atoms with Crippen LogP contribution in [-0.2, 0) is 4.79 Å². The van der Waals surface area contributed by atoms with Gasteiger partial charge in [-0.25, -0.2) is 0 Å². The second kappa shape index (κ2) is 7.64. The number of ketones is 1. The van der Waals surface area contributed by atoms with Gasteiger partial charge in [-0.05, 0) is 57.5 Å². The predicted molar refractivity (Wildman–Crippen MR) is 133 cm³/mol. The minimum atomic E-state index is -0.265. The van der Waals surface area contributed by atoms with Crippen molar-refractivity contribution >= 4 is 5.78 Å². The van der Waals surface area contributed by atoms with Crippen LogP contribution in [0.5, 0.6) is 0 Å². The fraction of sp³-hybridized carbons (Fsp3) is 0.621. The molecule has 172 valence electrons. The minimum Gasteiger partial charge on any atom is -0.507 e. The molecule has 0 aliphatic heterocycles. The maximum absolute atomic E-state index is 13.5. The molecule has 0 heterocycles. The molecule has 2 heteroatoms. The average molecular weight is 425 g/mol. The van der Waals surface area contributed by atoms with Crippen LogP contribution in [0.25, 0.3) is 0 Å². The summed E-state index contributed by atoms with van der Waals surface area (Å²) in [6, 6.07) is 0. The standard InChI is InChI=1S/C29H44O2/c1-17-14-19(26(2,3)4)22(23(24(17)30)29(11,12)13)18-15-20(27(5,6)7)25(31)21(16-18)28(8,9)10/h14-16,19,30H,1-13H3. The molecule has 0 bridgehead atoms. The van der Waals surface area contributed by atoms with E-state index in [1.165, 1.54) is 0 Å². The number of allylic oxidation sites excluding steroid dienone is 9. The smallest absolute Gasteiger partial charge is 0.186 e. The first-order valence-corrected chi connectivity index (χ1v) is 11.5. The number of aliphatic hydroxyl groups is 1. The van der Waals surface area contributed by atoms with Crippen molar-refractivity contribution in [2.45, 2.75) is 90.0 Å². The van der Waals surface area contributed by atoms with Crippen LogP contribution < -0.4 is 0 Å². The Morgan fingerprint density at radius 3 is 1.48 bits per heavy atom. The Kier molecular flexibility index (Phi) is 6.27. The molecule has 1 atom stereocenters. The maximum atomic E-state index is 13.5. The van der Waals surface area contributed by atoms with Crippen molar-refractivity contribution in [3.63, 3.8) is 0 Å². The summed E-state index contributed by atoms with van der Waals surface area (Å²) >= 11 is 0. The summed E-state index contributed by atoms with van der Waals surface area (Å²) in [6.07, 6.45) is 6.40. The first-order chi connectivity index (χ1) is 13.7. The highest BCUT2D eigenvalue weighted by Crippen LogP contribution is 2.51. The quantitative estimate of drug-likeness (QED) is 0.424. The summed E-state index contributed by atoms with van der Waals surface area (Å²) in [5, 5.41) is 11.2. The Morgan fingerprint density at radius 1 is 0.742 bits per heavy atom. The third-order valence-corrected chi connectivity index (χ3v) is 6.31. The van der Waals surface area contributed by atoms with Gasteiger partial charge in [-0.2, -0.15) is 0 Å². The summed E-state index contributed by atoms with van der Waals surface area (Å²) in [6.45, 7) is 27.9. The van der Waals surface area contributed by atoms with E-state index in [0.717, 1.165) is 33.4 Å². The first-order valence-electron chi connectivity index (χ1n) is 11.5. The highest BCUT2D eigenvalue weighted by atomic mass is 16.3. The van der Waals surface area contributed by atoms with Gasteiger partial charge < -0.3 is 5.11 Å². The number of carbonyl (C=O) groups is 1. The summed E-state index contributed by atoms with van der Waals surface area (Å²) in [7, 11) is 0. The zero-order valence-electron chi connectivity index (χ0n) is 22.2. The van der Waals surface area contributed by atoms with E-state index in [-0.39, 0.29) is 33.4 Å². The second-order valence-electron chi connectivity index (χ2n) is 13.5. The van der Waals surface area contributed by atoms with Gasteiger partial charge in [0.2, 0.25) is 0 Å². The molecular formula is C29H44O2. The molecule has 1 N–H and O–H groups in total. The molecule has 2 aliphatic rings. The van der Waals surface area contributed by atoms with E-state index in [1.807, 2.05) is 6.92 Å². The van der Waals surface area contributed by atoms with Crippen molar-refractivity contribution in [1.29, 1.82) is 0 Å². The largest absolute Gasteiger partial charge is 0.507 e. The number of rotatable bonds is 0. The molecular weight excluding hydrogens is 380 g/mol. The van der Waals surface area contributed by atoms with Gasteiger partial charge in [0.1, 0.15) is 5.76 Å². The first kappa shape index (κ1) is 25.4. The second-order valence-corrected chi connectivity index (χ2v) is 13.5. The molecule has 0 aromatic carbocycles. The summed E-state index contributed by atoms with van der Waals surface area (Å²) in [5.41, 5.74) is 5.02. The van der Waals surface area contributed by atoms with Crippen molar-refractivity contribution in [2.24, 2.45) is 27.6 Å². The van der Waals surface area contributed by atoms with E-state index in [9.17, 15) is 9.90 Å². The van der Waals surface area contributed by atoms with Gasteiger partial charge in [-0.15, -0.1) is 0 Å². The Bertz CT molecular complexity index is 895. The number of hydrogen-bond donors (Lipinski definition) is 1. The Labute approximate surface area is 190 Å². The number of carbonyl (C=O) groups excluding carboxylic acids is 1. The molecule has 0 radical (unpaired) electrons. The van der Waals surface area contributed by atoms with Crippen molar-refractivity contribution in [2.75, 3.05) is 0 Å². The topological polar surface area (TPSA) is 37.3 Å². The molecule has 0 aromatic rings. The monoisotopic (exact) mass is 424 g/mol. The lowest BCUT2D eigenvalue weighted by Gasteiger charge is -2.41. The molecule has 0 saturated heterocycles. The van der Waals surface area contributed by atoms with Gasteiger partial charge in [0, 0.05) is 22.6 Å². The third-order valence-electron chi connectivity index (χ3n) is 6.31. The molecule has 2 nitrogen and oxygen atoms in total. The van der Waals surface area contributed by atoms with E-state index in [4.69, 9.17) is 0 Å². The molecule has 0 amide bonds. The molecule has 1 unspecified atom stereocenters. The Morgan fingerprint density at radius 2 is 1.16 bits per heavy atom. The molecule has 2 rings (SSSR count).